The van der Waals surface area contributed by atoms with E-state index < -0.39 is 10.0 Å². The van der Waals surface area contributed by atoms with E-state index in [-0.39, 0.29) is 6.04 Å². The summed E-state index contributed by atoms with van der Waals surface area (Å²) in [7, 11) is -3.15. The van der Waals surface area contributed by atoms with Crippen LogP contribution in [0, 0.1) is 5.92 Å². The lowest BCUT2D eigenvalue weighted by Gasteiger charge is -2.34. The Morgan fingerprint density at radius 1 is 1.02 bits per heavy atom. The number of imidazole rings is 1. The van der Waals surface area contributed by atoms with Crippen LogP contribution in [0.4, 0.5) is 0 Å². The molecule has 0 bridgehead atoms. The van der Waals surface area contributed by atoms with Gasteiger partial charge in [-0.15, -0.1) is 0 Å². The molecule has 0 spiro atoms. The zero-order valence-corrected chi connectivity index (χ0v) is 23.6. The van der Waals surface area contributed by atoms with Gasteiger partial charge < -0.3 is 14.2 Å². The van der Waals surface area contributed by atoms with Crippen LogP contribution in [0.2, 0.25) is 0 Å². The van der Waals surface area contributed by atoms with Crippen LogP contribution >= 0.6 is 0 Å². The van der Waals surface area contributed by atoms with Crippen molar-refractivity contribution in [1.29, 1.82) is 0 Å². The summed E-state index contributed by atoms with van der Waals surface area (Å²) in [6.45, 7) is 5.14. The van der Waals surface area contributed by atoms with Crippen LogP contribution in [0.25, 0.3) is 16.3 Å². The molecule has 3 aromatic rings. The van der Waals surface area contributed by atoms with E-state index in [9.17, 15) is 13.2 Å². The Bertz CT molecular complexity index is 1560. The van der Waals surface area contributed by atoms with Gasteiger partial charge in [0, 0.05) is 50.7 Å². The average molecular weight is 562 g/mol. The van der Waals surface area contributed by atoms with E-state index in [4.69, 9.17) is 4.74 Å². The monoisotopic (exact) mass is 561 g/mol. The standard InChI is InChI=1S/C30H35N5O4S/c1-40(37,38)35-11-9-23(10-12-35)18-34-22-31-17-25(34)19-33-20-28(27-8-4-6-24-5-2-3-7-26(24)27)30(29(33)21-36)32-13-15-39-16-14-32/h2-8,17,20,22-23,30H,9-16,18-19H2,1H3. The lowest BCUT2D eigenvalue weighted by atomic mass is 9.93. The average Bonchev–Trinajstić information content (AvgIpc) is 3.56. The second kappa shape index (κ2) is 11.3. The quantitative estimate of drug-likeness (QED) is 0.410. The van der Waals surface area contributed by atoms with Crippen molar-refractivity contribution in [3.05, 3.63) is 78.1 Å². The molecule has 6 rings (SSSR count). The highest BCUT2D eigenvalue weighted by molar-refractivity contribution is 7.88. The number of benzene rings is 2. The molecule has 0 amide bonds. The molecule has 2 fully saturated rings. The first-order valence-corrected chi connectivity index (χ1v) is 15.7. The van der Waals surface area contributed by atoms with Crippen molar-refractivity contribution in [3.63, 3.8) is 0 Å². The number of hydrogen-bond acceptors (Lipinski definition) is 7. The maximum Gasteiger partial charge on any atom is 0.211 e. The molecule has 3 aliphatic rings. The number of fused-ring (bicyclic) bond motifs is 1. The van der Waals surface area contributed by atoms with Crippen LogP contribution in [0.1, 0.15) is 24.1 Å². The third-order valence-electron chi connectivity index (χ3n) is 8.40. The third kappa shape index (κ3) is 5.38. The Morgan fingerprint density at radius 2 is 1.77 bits per heavy atom. The predicted octanol–water partition coefficient (Wildman–Crippen LogP) is 2.98. The van der Waals surface area contributed by atoms with Crippen molar-refractivity contribution < 1.29 is 17.9 Å². The molecular formula is C30H35N5O4S. The minimum absolute atomic E-state index is 0.205. The molecule has 10 heteroatoms. The Hall–Kier alpha value is -3.27. The summed E-state index contributed by atoms with van der Waals surface area (Å²) in [5, 5.41) is 2.32. The van der Waals surface area contributed by atoms with E-state index in [1.165, 1.54) is 6.26 Å². The third-order valence-corrected chi connectivity index (χ3v) is 9.71. The summed E-state index contributed by atoms with van der Waals surface area (Å²) in [5.74, 6) is 2.68. The fraction of sp³-hybridized carbons (Fsp3) is 0.433. The number of sulfonamides is 1. The van der Waals surface area contributed by atoms with Gasteiger partial charge in [-0.3, -0.25) is 4.90 Å². The van der Waals surface area contributed by atoms with E-state index in [2.05, 4.69) is 63.0 Å². The Labute approximate surface area is 235 Å². The summed E-state index contributed by atoms with van der Waals surface area (Å²) < 4.78 is 33.2. The summed E-state index contributed by atoms with van der Waals surface area (Å²) in [6.07, 6.45) is 8.73. The Morgan fingerprint density at radius 3 is 2.52 bits per heavy atom. The van der Waals surface area contributed by atoms with Crippen LogP contribution in [0.3, 0.4) is 0 Å². The van der Waals surface area contributed by atoms with Crippen LogP contribution < -0.4 is 0 Å². The topological polar surface area (TPSA) is 88.0 Å². The summed E-state index contributed by atoms with van der Waals surface area (Å²) in [4.78, 5) is 21.4. The molecule has 3 aliphatic heterocycles. The zero-order valence-electron chi connectivity index (χ0n) is 22.8. The van der Waals surface area contributed by atoms with Crippen molar-refractivity contribution in [2.24, 2.45) is 5.92 Å². The summed E-state index contributed by atoms with van der Waals surface area (Å²) in [5.41, 5.74) is 3.83. The molecule has 0 aliphatic carbocycles. The van der Waals surface area contributed by atoms with Gasteiger partial charge in [-0.1, -0.05) is 42.5 Å². The fourth-order valence-corrected chi connectivity index (χ4v) is 7.15. The van der Waals surface area contributed by atoms with Gasteiger partial charge in [0.15, 0.2) is 0 Å². The van der Waals surface area contributed by atoms with Crippen molar-refractivity contribution in [2.75, 3.05) is 45.6 Å². The van der Waals surface area contributed by atoms with Gasteiger partial charge in [0.1, 0.15) is 11.6 Å². The smallest absolute Gasteiger partial charge is 0.211 e. The molecule has 2 saturated heterocycles. The number of morpholine rings is 1. The molecule has 0 radical (unpaired) electrons. The number of hydrogen-bond donors (Lipinski definition) is 0. The fourth-order valence-electron chi connectivity index (χ4n) is 6.28. The summed E-state index contributed by atoms with van der Waals surface area (Å²) >= 11 is 0. The minimum Gasteiger partial charge on any atom is -0.379 e. The Kier molecular flexibility index (Phi) is 7.61. The van der Waals surface area contributed by atoms with Gasteiger partial charge in [0.05, 0.1) is 44.1 Å². The van der Waals surface area contributed by atoms with E-state index >= 15 is 0 Å². The molecule has 1 unspecified atom stereocenters. The molecule has 2 aromatic carbocycles. The molecule has 1 aromatic heterocycles. The number of piperidine rings is 1. The van der Waals surface area contributed by atoms with Gasteiger partial charge in [-0.05, 0) is 35.1 Å². The van der Waals surface area contributed by atoms with Crippen LogP contribution in [-0.2, 0) is 32.6 Å². The van der Waals surface area contributed by atoms with Crippen molar-refractivity contribution in [2.45, 2.75) is 32.0 Å². The zero-order chi connectivity index (χ0) is 27.7. The molecule has 210 valence electrons. The van der Waals surface area contributed by atoms with Crippen LogP contribution in [0.5, 0.6) is 0 Å². The van der Waals surface area contributed by atoms with Crippen LogP contribution in [-0.4, -0.2) is 89.7 Å². The molecular weight excluding hydrogens is 526 g/mol. The lowest BCUT2D eigenvalue weighted by molar-refractivity contribution is 0.0314. The first-order chi connectivity index (χ1) is 19.4. The highest BCUT2D eigenvalue weighted by Crippen LogP contribution is 2.39. The maximum absolute atomic E-state index is 12.6. The molecule has 9 nitrogen and oxygen atoms in total. The molecule has 40 heavy (non-hydrogen) atoms. The number of ether oxygens (including phenoxy) is 1. The van der Waals surface area contributed by atoms with E-state index in [1.807, 2.05) is 23.5 Å². The van der Waals surface area contributed by atoms with Gasteiger partial charge in [0.25, 0.3) is 0 Å². The second-order valence-electron chi connectivity index (χ2n) is 10.9. The predicted molar refractivity (Wildman–Crippen MR) is 154 cm³/mol. The highest BCUT2D eigenvalue weighted by Gasteiger charge is 2.38. The normalized spacial score (nSPS) is 21.6. The number of nitrogens with zero attached hydrogens (tertiary/aromatic N) is 5. The minimum atomic E-state index is -3.15. The lowest BCUT2D eigenvalue weighted by Crippen LogP contribution is -2.45. The number of carbonyl (C=O) groups excluding carboxylic acids is 1. The molecule has 0 saturated carbocycles. The molecule has 0 N–H and O–H groups in total. The first-order valence-electron chi connectivity index (χ1n) is 13.9. The molecule has 4 heterocycles. The van der Waals surface area contributed by atoms with Crippen LogP contribution in [0.15, 0.2) is 66.9 Å². The first kappa shape index (κ1) is 26.9. The molecule has 1 atom stereocenters. The second-order valence-corrected chi connectivity index (χ2v) is 12.9. The van der Waals surface area contributed by atoms with Gasteiger partial charge in [-0.25, -0.2) is 22.5 Å². The van der Waals surface area contributed by atoms with Gasteiger partial charge >= 0.3 is 0 Å². The van der Waals surface area contributed by atoms with Crippen molar-refractivity contribution in [3.8, 4) is 0 Å². The largest absolute Gasteiger partial charge is 0.379 e. The highest BCUT2D eigenvalue weighted by atomic mass is 32.2. The SMILES string of the molecule is CS(=O)(=O)N1CCC(Cn2cncc2CN2C=C(c3cccc4ccccc34)C(N3CCOCC3)C2=C=O)CC1. The number of aromatic nitrogens is 2. The van der Waals surface area contributed by atoms with E-state index in [1.54, 1.807) is 4.31 Å². The van der Waals surface area contributed by atoms with Crippen molar-refractivity contribution in [1.82, 2.24) is 23.7 Å². The summed E-state index contributed by atoms with van der Waals surface area (Å²) in [6, 6.07) is 14.5. The van der Waals surface area contributed by atoms with Crippen molar-refractivity contribution >= 4 is 32.3 Å². The van der Waals surface area contributed by atoms with Gasteiger partial charge in [-0.2, -0.15) is 0 Å². The Balaban J connectivity index is 1.28. The van der Waals surface area contributed by atoms with E-state index in [0.29, 0.717) is 44.5 Å². The van der Waals surface area contributed by atoms with Gasteiger partial charge in [0.2, 0.25) is 10.0 Å². The van der Waals surface area contributed by atoms with E-state index in [0.717, 1.165) is 60.1 Å². The maximum atomic E-state index is 12.6. The number of rotatable bonds is 7.